The SMILES string of the molecule is C=C(C)C(=O)[O][Zr]([O]C(=O)C(=C)C)[O]C(=O)C(=C)C. The van der Waals surface area contributed by atoms with Crippen LogP contribution in [0.1, 0.15) is 20.8 Å². The van der Waals surface area contributed by atoms with Gasteiger partial charge in [-0.1, -0.05) is 0 Å². The van der Waals surface area contributed by atoms with Gasteiger partial charge in [0.1, 0.15) is 0 Å². The molecule has 19 heavy (non-hydrogen) atoms. The molecule has 0 amide bonds. The first-order valence-electron chi connectivity index (χ1n) is 5.15. The minimum atomic E-state index is -3.93. The maximum absolute atomic E-state index is 11.4. The van der Waals surface area contributed by atoms with Crippen LogP contribution in [-0.2, 0) is 45.9 Å². The van der Waals surface area contributed by atoms with Gasteiger partial charge in [0.05, 0.1) is 0 Å². The molecule has 0 bridgehead atoms. The van der Waals surface area contributed by atoms with Crippen LogP contribution in [0.4, 0.5) is 0 Å². The number of hydrogen-bond donors (Lipinski definition) is 0. The molecule has 103 valence electrons. The summed E-state index contributed by atoms with van der Waals surface area (Å²) in [6.07, 6.45) is 0. The standard InChI is InChI=1S/3C4H6O2.Zr/c3*1-3(2)4(5)6;/h3*1H2,2H3,(H,5,6);/q;;;+3/p-3. The third kappa shape index (κ3) is 6.86. The third-order valence-electron chi connectivity index (χ3n) is 1.57. The Morgan fingerprint density at radius 2 is 0.895 bits per heavy atom. The molecule has 0 aromatic carbocycles. The van der Waals surface area contributed by atoms with Crippen LogP contribution < -0.4 is 0 Å². The summed E-state index contributed by atoms with van der Waals surface area (Å²) in [5, 5.41) is 0. The van der Waals surface area contributed by atoms with Crippen LogP contribution in [0.5, 0.6) is 0 Å². The van der Waals surface area contributed by atoms with Crippen molar-refractivity contribution in [2.45, 2.75) is 20.8 Å². The van der Waals surface area contributed by atoms with E-state index in [1.165, 1.54) is 20.8 Å². The zero-order valence-corrected chi connectivity index (χ0v) is 13.5. The van der Waals surface area contributed by atoms with Gasteiger partial charge in [-0.15, -0.1) is 0 Å². The first-order chi connectivity index (χ1) is 8.65. The van der Waals surface area contributed by atoms with Crippen molar-refractivity contribution in [1.29, 1.82) is 0 Å². The molecule has 6 nitrogen and oxygen atoms in total. The molecular weight excluding hydrogens is 331 g/mol. The molecule has 0 aromatic rings. The second-order valence-electron chi connectivity index (χ2n) is 3.76. The average Bonchev–Trinajstić information content (AvgIpc) is 2.27. The molecule has 0 fully saturated rings. The molecule has 0 atom stereocenters. The minimum absolute atomic E-state index is 0.107. The summed E-state index contributed by atoms with van der Waals surface area (Å²) in [4.78, 5) is 34.1. The second kappa shape index (κ2) is 7.84. The Hall–Kier alpha value is -1.49. The van der Waals surface area contributed by atoms with Crippen molar-refractivity contribution in [3.63, 3.8) is 0 Å². The van der Waals surface area contributed by atoms with Crippen molar-refractivity contribution in [2.75, 3.05) is 0 Å². The molecule has 0 unspecified atom stereocenters. The van der Waals surface area contributed by atoms with E-state index >= 15 is 0 Å². The van der Waals surface area contributed by atoms with Crippen LogP contribution in [0.3, 0.4) is 0 Å². The van der Waals surface area contributed by atoms with Gasteiger partial charge in [-0.05, 0) is 0 Å². The molecule has 7 heteroatoms. The van der Waals surface area contributed by atoms with Crippen molar-refractivity contribution >= 4 is 17.9 Å². The summed E-state index contributed by atoms with van der Waals surface area (Å²) in [6, 6.07) is 0. The van der Waals surface area contributed by atoms with Crippen LogP contribution in [0.15, 0.2) is 36.5 Å². The molecule has 0 heterocycles. The van der Waals surface area contributed by atoms with E-state index in [4.69, 9.17) is 8.44 Å². The quantitative estimate of drug-likeness (QED) is 0.681. The van der Waals surface area contributed by atoms with Gasteiger partial charge < -0.3 is 0 Å². The van der Waals surface area contributed by atoms with Gasteiger partial charge in [0.2, 0.25) is 0 Å². The average molecular weight is 346 g/mol. The van der Waals surface area contributed by atoms with Gasteiger partial charge in [0.25, 0.3) is 0 Å². The van der Waals surface area contributed by atoms with Gasteiger partial charge in [-0.25, -0.2) is 0 Å². The van der Waals surface area contributed by atoms with E-state index in [-0.39, 0.29) is 16.7 Å². The van der Waals surface area contributed by atoms with Gasteiger partial charge >= 0.3 is 121 Å². The zero-order chi connectivity index (χ0) is 15.2. The first kappa shape index (κ1) is 17.5. The van der Waals surface area contributed by atoms with Crippen LogP contribution in [0.2, 0.25) is 0 Å². The number of carbonyl (C=O) groups excluding carboxylic acids is 3. The fraction of sp³-hybridized carbons (Fsp3) is 0.250. The molecule has 0 aliphatic carbocycles. The summed E-state index contributed by atoms with van der Waals surface area (Å²) < 4.78 is 14.5. The second-order valence-corrected chi connectivity index (χ2v) is 6.49. The predicted octanol–water partition coefficient (Wildman–Crippen LogP) is 1.71. The first-order valence-corrected chi connectivity index (χ1v) is 8.16. The topological polar surface area (TPSA) is 78.9 Å². The maximum atomic E-state index is 11.4. The van der Waals surface area contributed by atoms with Crippen LogP contribution in [-0.4, -0.2) is 17.9 Å². The Bertz CT molecular complexity index is 385. The normalized spacial score (nSPS) is 9.00. The van der Waals surface area contributed by atoms with Crippen LogP contribution in [0, 0.1) is 0 Å². The molecule has 0 N–H and O–H groups in total. The molecular formula is C12H15O6Zr. The van der Waals surface area contributed by atoms with Crippen molar-refractivity contribution in [1.82, 2.24) is 0 Å². The molecule has 0 aliphatic rings. The summed E-state index contributed by atoms with van der Waals surface area (Å²) >= 11 is -3.93. The Kier molecular flexibility index (Phi) is 7.23. The Morgan fingerprint density at radius 1 is 0.684 bits per heavy atom. The van der Waals surface area contributed by atoms with Gasteiger partial charge in [-0.2, -0.15) is 0 Å². The predicted molar refractivity (Wildman–Crippen MR) is 62.7 cm³/mol. The van der Waals surface area contributed by atoms with E-state index in [0.29, 0.717) is 0 Å². The van der Waals surface area contributed by atoms with E-state index < -0.39 is 41.0 Å². The Morgan fingerprint density at radius 3 is 1.05 bits per heavy atom. The molecule has 0 aromatic heterocycles. The zero-order valence-electron chi connectivity index (χ0n) is 11.1. The van der Waals surface area contributed by atoms with Crippen LogP contribution in [0.25, 0.3) is 0 Å². The van der Waals surface area contributed by atoms with E-state index in [1.807, 2.05) is 0 Å². The third-order valence-corrected chi connectivity index (χ3v) is 4.17. The molecule has 0 radical (unpaired) electrons. The van der Waals surface area contributed by atoms with E-state index in [1.54, 1.807) is 0 Å². The number of rotatable bonds is 6. The monoisotopic (exact) mass is 345 g/mol. The van der Waals surface area contributed by atoms with Crippen molar-refractivity contribution in [3.05, 3.63) is 36.5 Å². The van der Waals surface area contributed by atoms with Gasteiger partial charge in [-0.3, -0.25) is 0 Å². The van der Waals surface area contributed by atoms with Crippen molar-refractivity contribution in [3.8, 4) is 0 Å². The van der Waals surface area contributed by atoms with Crippen molar-refractivity contribution in [2.24, 2.45) is 0 Å². The van der Waals surface area contributed by atoms with E-state index in [2.05, 4.69) is 19.7 Å². The number of hydrogen-bond acceptors (Lipinski definition) is 6. The fourth-order valence-electron chi connectivity index (χ4n) is 0.551. The molecule has 0 rings (SSSR count). The van der Waals surface area contributed by atoms with E-state index in [9.17, 15) is 14.4 Å². The fourth-order valence-corrected chi connectivity index (χ4v) is 3.26. The van der Waals surface area contributed by atoms with Gasteiger partial charge in [0, 0.05) is 0 Å². The Balaban J connectivity index is 4.82. The summed E-state index contributed by atoms with van der Waals surface area (Å²) in [7, 11) is 0. The molecule has 0 spiro atoms. The van der Waals surface area contributed by atoms with Crippen molar-refractivity contribution < 1.29 is 45.9 Å². The number of carbonyl (C=O) groups is 3. The molecule has 0 saturated heterocycles. The summed E-state index contributed by atoms with van der Waals surface area (Å²) in [5.74, 6) is -2.34. The molecule has 0 aliphatic heterocycles. The van der Waals surface area contributed by atoms with Crippen LogP contribution >= 0.6 is 0 Å². The van der Waals surface area contributed by atoms with Gasteiger partial charge in [0.15, 0.2) is 0 Å². The molecule has 0 saturated carbocycles. The summed E-state index contributed by atoms with van der Waals surface area (Å²) in [5.41, 5.74) is 0.322. The summed E-state index contributed by atoms with van der Waals surface area (Å²) in [6.45, 7) is 14.4. The Labute approximate surface area is 121 Å². The van der Waals surface area contributed by atoms with E-state index in [0.717, 1.165) is 0 Å².